The minimum absolute atomic E-state index is 0.178. The molecule has 4 rings (SSSR count). The van der Waals surface area contributed by atoms with Crippen LogP contribution in [-0.2, 0) is 0 Å². The van der Waals surface area contributed by atoms with Crippen molar-refractivity contribution in [1.29, 1.82) is 0 Å². The van der Waals surface area contributed by atoms with Gasteiger partial charge >= 0.3 is 0 Å². The van der Waals surface area contributed by atoms with E-state index in [2.05, 4.69) is 10.3 Å². The van der Waals surface area contributed by atoms with Crippen molar-refractivity contribution in [2.45, 2.75) is 6.92 Å². The number of thiazole rings is 1. The van der Waals surface area contributed by atoms with Gasteiger partial charge in [-0.2, -0.15) is 0 Å². The fraction of sp³-hybridized carbons (Fsp3) is 0.158. The van der Waals surface area contributed by atoms with Crippen LogP contribution in [0.5, 0.6) is 17.2 Å². The van der Waals surface area contributed by atoms with Gasteiger partial charge in [0.1, 0.15) is 5.75 Å². The molecule has 1 aromatic heterocycles. The first-order chi connectivity index (χ1) is 12.6. The predicted molar refractivity (Wildman–Crippen MR) is 99.4 cm³/mol. The number of hydrogen-bond acceptors (Lipinski definition) is 6. The van der Waals surface area contributed by atoms with Gasteiger partial charge in [0.15, 0.2) is 16.6 Å². The number of benzene rings is 2. The zero-order valence-corrected chi connectivity index (χ0v) is 15.1. The van der Waals surface area contributed by atoms with Crippen LogP contribution in [0.4, 0.5) is 5.13 Å². The van der Waals surface area contributed by atoms with E-state index >= 15 is 0 Å². The molecule has 1 aliphatic heterocycles. The van der Waals surface area contributed by atoms with Crippen molar-refractivity contribution in [2.24, 2.45) is 0 Å². The molecule has 26 heavy (non-hydrogen) atoms. The molecule has 0 saturated carbocycles. The number of nitrogens with one attached hydrogen (secondary N) is 1. The highest BCUT2D eigenvalue weighted by Crippen LogP contribution is 2.34. The SMILES string of the molecule is COc1ccc(-c2nc(NC(=O)c3ccc4c(c3)OCO4)sc2C)cc1. The maximum atomic E-state index is 12.5. The molecule has 7 heteroatoms. The molecule has 0 fully saturated rings. The molecule has 0 radical (unpaired) electrons. The number of fused-ring (bicyclic) bond motifs is 1. The summed E-state index contributed by atoms with van der Waals surface area (Å²) in [6.07, 6.45) is 0. The number of anilines is 1. The Hall–Kier alpha value is -3.06. The maximum absolute atomic E-state index is 12.5. The van der Waals surface area contributed by atoms with E-state index in [1.807, 2.05) is 31.2 Å². The summed E-state index contributed by atoms with van der Waals surface area (Å²) < 4.78 is 15.8. The molecule has 1 aliphatic rings. The fourth-order valence-corrected chi connectivity index (χ4v) is 3.50. The Morgan fingerprint density at radius 3 is 2.69 bits per heavy atom. The van der Waals surface area contributed by atoms with Gasteiger partial charge in [-0.25, -0.2) is 4.98 Å². The van der Waals surface area contributed by atoms with Crippen molar-refractivity contribution in [3.63, 3.8) is 0 Å². The summed E-state index contributed by atoms with van der Waals surface area (Å²) in [5.41, 5.74) is 2.31. The average molecular weight is 368 g/mol. The van der Waals surface area contributed by atoms with Gasteiger partial charge in [-0.1, -0.05) is 0 Å². The smallest absolute Gasteiger partial charge is 0.257 e. The molecule has 1 amide bonds. The average Bonchev–Trinajstić information content (AvgIpc) is 3.27. The van der Waals surface area contributed by atoms with Gasteiger partial charge in [0, 0.05) is 16.0 Å². The highest BCUT2D eigenvalue weighted by Gasteiger charge is 2.18. The third-order valence-corrected chi connectivity index (χ3v) is 4.90. The zero-order valence-electron chi connectivity index (χ0n) is 14.2. The van der Waals surface area contributed by atoms with Gasteiger partial charge in [-0.15, -0.1) is 11.3 Å². The molecule has 2 aromatic carbocycles. The first kappa shape index (κ1) is 16.4. The van der Waals surface area contributed by atoms with Crippen LogP contribution in [0.3, 0.4) is 0 Å². The summed E-state index contributed by atoms with van der Waals surface area (Å²) in [5, 5.41) is 3.40. The number of hydrogen-bond donors (Lipinski definition) is 1. The largest absolute Gasteiger partial charge is 0.497 e. The molecule has 1 N–H and O–H groups in total. The van der Waals surface area contributed by atoms with Crippen LogP contribution < -0.4 is 19.5 Å². The molecule has 0 bridgehead atoms. The third kappa shape index (κ3) is 3.09. The summed E-state index contributed by atoms with van der Waals surface area (Å²) in [4.78, 5) is 18.1. The van der Waals surface area contributed by atoms with Crippen molar-refractivity contribution in [2.75, 3.05) is 19.2 Å². The summed E-state index contributed by atoms with van der Waals surface area (Å²) in [6.45, 7) is 2.16. The van der Waals surface area contributed by atoms with Crippen LogP contribution in [0.2, 0.25) is 0 Å². The quantitative estimate of drug-likeness (QED) is 0.750. The molecule has 0 aliphatic carbocycles. The lowest BCUT2D eigenvalue weighted by Crippen LogP contribution is -2.11. The second-order valence-electron chi connectivity index (χ2n) is 5.67. The van der Waals surface area contributed by atoms with Crippen LogP contribution in [0.15, 0.2) is 42.5 Å². The van der Waals surface area contributed by atoms with E-state index < -0.39 is 0 Å². The Balaban J connectivity index is 1.54. The maximum Gasteiger partial charge on any atom is 0.257 e. The van der Waals surface area contributed by atoms with E-state index in [-0.39, 0.29) is 12.7 Å². The number of aromatic nitrogens is 1. The molecule has 3 aromatic rings. The minimum Gasteiger partial charge on any atom is -0.497 e. The molecular weight excluding hydrogens is 352 g/mol. The normalized spacial score (nSPS) is 12.1. The molecule has 0 saturated heterocycles. The predicted octanol–water partition coefficient (Wildman–Crippen LogP) is 4.11. The van der Waals surface area contributed by atoms with Crippen LogP contribution in [0.1, 0.15) is 15.2 Å². The summed E-state index contributed by atoms with van der Waals surface area (Å²) >= 11 is 1.44. The lowest BCUT2D eigenvalue weighted by atomic mass is 10.1. The van der Waals surface area contributed by atoms with Gasteiger partial charge in [0.05, 0.1) is 12.8 Å². The summed E-state index contributed by atoms with van der Waals surface area (Å²) in [7, 11) is 1.63. The standard InChI is InChI=1S/C19H16N2O4S/c1-11-17(12-3-6-14(23-2)7-4-12)20-19(26-11)21-18(22)13-5-8-15-16(9-13)25-10-24-15/h3-9H,10H2,1-2H3,(H,20,21,22). The van der Waals surface area contributed by atoms with Crippen LogP contribution in [0, 0.1) is 6.92 Å². The van der Waals surface area contributed by atoms with E-state index in [0.717, 1.165) is 21.9 Å². The Labute approximate surface area is 154 Å². The van der Waals surface area contributed by atoms with Gasteiger partial charge in [-0.05, 0) is 49.4 Å². The number of nitrogens with zero attached hydrogens (tertiary/aromatic N) is 1. The first-order valence-corrected chi connectivity index (χ1v) is 8.78. The number of rotatable bonds is 4. The van der Waals surface area contributed by atoms with Crippen LogP contribution in [0.25, 0.3) is 11.3 Å². The molecular formula is C19H16N2O4S. The molecule has 2 heterocycles. The first-order valence-electron chi connectivity index (χ1n) is 7.97. The molecule has 132 valence electrons. The molecule has 0 spiro atoms. The van der Waals surface area contributed by atoms with E-state index in [1.165, 1.54) is 11.3 Å². The van der Waals surface area contributed by atoms with E-state index in [9.17, 15) is 4.79 Å². The van der Waals surface area contributed by atoms with Crippen molar-refractivity contribution in [3.8, 4) is 28.5 Å². The number of ether oxygens (including phenoxy) is 3. The van der Waals surface area contributed by atoms with E-state index in [4.69, 9.17) is 14.2 Å². The summed E-state index contributed by atoms with van der Waals surface area (Å²) in [6, 6.07) is 12.8. The van der Waals surface area contributed by atoms with Crippen LogP contribution >= 0.6 is 11.3 Å². The highest BCUT2D eigenvalue weighted by molar-refractivity contribution is 7.16. The van der Waals surface area contributed by atoms with Crippen molar-refractivity contribution >= 4 is 22.4 Å². The van der Waals surface area contributed by atoms with E-state index in [1.54, 1.807) is 25.3 Å². The lowest BCUT2D eigenvalue weighted by Gasteiger charge is -2.03. The third-order valence-electron chi connectivity index (χ3n) is 4.02. The molecule has 0 unspecified atom stereocenters. The lowest BCUT2D eigenvalue weighted by molar-refractivity contribution is 0.102. The Morgan fingerprint density at radius 1 is 1.15 bits per heavy atom. The van der Waals surface area contributed by atoms with E-state index in [0.29, 0.717) is 22.2 Å². The number of amides is 1. The second kappa shape index (κ2) is 6.68. The second-order valence-corrected chi connectivity index (χ2v) is 6.88. The van der Waals surface area contributed by atoms with Gasteiger partial charge < -0.3 is 14.2 Å². The van der Waals surface area contributed by atoms with Gasteiger partial charge in [-0.3, -0.25) is 10.1 Å². The number of carbonyl (C=O) groups excluding carboxylic acids is 1. The zero-order chi connectivity index (χ0) is 18.1. The summed E-state index contributed by atoms with van der Waals surface area (Å²) in [5.74, 6) is 1.77. The Kier molecular flexibility index (Phi) is 4.22. The highest BCUT2D eigenvalue weighted by atomic mass is 32.1. The van der Waals surface area contributed by atoms with Crippen molar-refractivity contribution < 1.29 is 19.0 Å². The van der Waals surface area contributed by atoms with Gasteiger partial charge in [0.25, 0.3) is 5.91 Å². The topological polar surface area (TPSA) is 69.7 Å². The Bertz CT molecular complexity index is 966. The molecule has 0 atom stereocenters. The Morgan fingerprint density at radius 2 is 1.92 bits per heavy atom. The van der Waals surface area contributed by atoms with Crippen molar-refractivity contribution in [1.82, 2.24) is 4.98 Å². The van der Waals surface area contributed by atoms with Crippen molar-refractivity contribution in [3.05, 3.63) is 52.9 Å². The van der Waals surface area contributed by atoms with Gasteiger partial charge in [0.2, 0.25) is 6.79 Å². The monoisotopic (exact) mass is 368 g/mol. The van der Waals surface area contributed by atoms with Crippen LogP contribution in [-0.4, -0.2) is 24.8 Å². The minimum atomic E-state index is -0.238. The number of methoxy groups -OCH3 is 1. The molecule has 6 nitrogen and oxygen atoms in total. The number of carbonyl (C=O) groups is 1. The number of aryl methyl sites for hydroxylation is 1. The fourth-order valence-electron chi connectivity index (χ4n) is 2.67.